The van der Waals surface area contributed by atoms with Gasteiger partial charge in [-0.1, -0.05) is 36.4 Å². The lowest BCUT2D eigenvalue weighted by molar-refractivity contribution is -0.104. The molecule has 0 spiro atoms. The fourth-order valence-electron chi connectivity index (χ4n) is 2.42. The van der Waals surface area contributed by atoms with Crippen LogP contribution in [-0.4, -0.2) is 12.9 Å². The van der Waals surface area contributed by atoms with Crippen LogP contribution in [0, 0.1) is 0 Å². The third kappa shape index (κ3) is 2.79. The lowest BCUT2D eigenvalue weighted by Gasteiger charge is -2.19. The molecule has 0 radical (unpaired) electrons. The van der Waals surface area contributed by atoms with Gasteiger partial charge in [-0.3, -0.25) is 4.79 Å². The summed E-state index contributed by atoms with van der Waals surface area (Å²) in [4.78, 5) is 10.6. The molecule has 1 heterocycles. The quantitative estimate of drug-likeness (QED) is 0.618. The molecule has 0 amide bonds. The van der Waals surface area contributed by atoms with Crippen LogP contribution in [0.2, 0.25) is 0 Å². The maximum atomic E-state index is 10.6. The van der Waals surface area contributed by atoms with Gasteiger partial charge in [-0.25, -0.2) is 0 Å². The van der Waals surface area contributed by atoms with Gasteiger partial charge in [0.15, 0.2) is 0 Å². The van der Waals surface area contributed by atoms with Gasteiger partial charge in [0, 0.05) is 5.56 Å². The van der Waals surface area contributed by atoms with Crippen molar-refractivity contribution in [3.63, 3.8) is 0 Å². The maximum absolute atomic E-state index is 10.6. The van der Waals surface area contributed by atoms with E-state index in [1.807, 2.05) is 31.2 Å². The first-order valence-electron chi connectivity index (χ1n) is 6.93. The maximum Gasteiger partial charge on any atom is 0.143 e. The molecule has 0 bridgehead atoms. The van der Waals surface area contributed by atoms with Gasteiger partial charge in [-0.05, 0) is 53.5 Å². The molecule has 0 saturated heterocycles. The van der Waals surface area contributed by atoms with E-state index in [-0.39, 0.29) is 0 Å². The van der Waals surface area contributed by atoms with Gasteiger partial charge in [-0.15, -0.1) is 0 Å². The van der Waals surface area contributed by atoms with Crippen molar-refractivity contribution < 1.29 is 9.53 Å². The van der Waals surface area contributed by atoms with Crippen molar-refractivity contribution in [2.45, 2.75) is 6.92 Å². The van der Waals surface area contributed by atoms with Crippen LogP contribution in [0.3, 0.4) is 0 Å². The molecule has 0 N–H and O–H groups in total. The third-order valence-corrected chi connectivity index (χ3v) is 3.65. The summed E-state index contributed by atoms with van der Waals surface area (Å²) in [6, 6.07) is 16.5. The zero-order valence-electron chi connectivity index (χ0n) is 11.9. The summed E-state index contributed by atoms with van der Waals surface area (Å²) >= 11 is 0. The molecule has 2 aromatic rings. The average molecular weight is 276 g/mol. The van der Waals surface area contributed by atoms with Gasteiger partial charge in [-0.2, -0.15) is 0 Å². The highest BCUT2D eigenvalue weighted by molar-refractivity contribution is 5.75. The van der Waals surface area contributed by atoms with E-state index < -0.39 is 0 Å². The predicted molar refractivity (Wildman–Crippen MR) is 85.2 cm³/mol. The van der Waals surface area contributed by atoms with Crippen molar-refractivity contribution in [3.8, 4) is 16.9 Å². The van der Waals surface area contributed by atoms with Gasteiger partial charge in [0.1, 0.15) is 18.6 Å². The van der Waals surface area contributed by atoms with E-state index in [1.54, 1.807) is 6.08 Å². The number of allylic oxidation sites excluding steroid dienone is 1. The van der Waals surface area contributed by atoms with Gasteiger partial charge < -0.3 is 4.74 Å². The Morgan fingerprint density at radius 3 is 2.67 bits per heavy atom. The number of ether oxygens (including phenoxy) is 1. The second-order valence-electron chi connectivity index (χ2n) is 5.06. The molecular weight excluding hydrogens is 260 g/mol. The number of hydrogen-bond donors (Lipinski definition) is 0. The van der Waals surface area contributed by atoms with Crippen molar-refractivity contribution in [1.82, 2.24) is 0 Å². The average Bonchev–Trinajstić information content (AvgIpc) is 2.55. The monoisotopic (exact) mass is 276 g/mol. The minimum Gasteiger partial charge on any atom is -0.488 e. The van der Waals surface area contributed by atoms with Crippen molar-refractivity contribution in [2.75, 3.05) is 6.61 Å². The Kier molecular flexibility index (Phi) is 3.69. The molecule has 0 fully saturated rings. The molecule has 1 aliphatic heterocycles. The van der Waals surface area contributed by atoms with E-state index in [0.717, 1.165) is 34.3 Å². The second-order valence-corrected chi connectivity index (χ2v) is 5.06. The number of aldehydes is 1. The third-order valence-electron chi connectivity index (χ3n) is 3.65. The van der Waals surface area contributed by atoms with Crippen LogP contribution in [0.25, 0.3) is 17.2 Å². The number of benzene rings is 2. The molecule has 0 unspecified atom stereocenters. The largest absolute Gasteiger partial charge is 0.488 e. The second kappa shape index (κ2) is 5.80. The first-order chi connectivity index (χ1) is 10.3. The Bertz CT molecular complexity index is 724. The summed E-state index contributed by atoms with van der Waals surface area (Å²) in [6.45, 7) is 2.43. The highest BCUT2D eigenvalue weighted by Crippen LogP contribution is 2.32. The van der Waals surface area contributed by atoms with Gasteiger partial charge in [0.05, 0.1) is 0 Å². The van der Waals surface area contributed by atoms with E-state index in [1.165, 1.54) is 5.56 Å². The molecule has 21 heavy (non-hydrogen) atoms. The standard InChI is InChI=1S/C19H16O2/c1-14(9-10-20)18-12-17-11-16(7-8-19(17)21-13-18)15-5-3-2-4-6-15/h2-12H,13H2,1H3. The van der Waals surface area contributed by atoms with Gasteiger partial charge >= 0.3 is 0 Å². The molecular formula is C19H16O2. The number of fused-ring (bicyclic) bond motifs is 1. The molecule has 3 rings (SSSR count). The lowest BCUT2D eigenvalue weighted by atomic mass is 9.98. The van der Waals surface area contributed by atoms with Crippen LogP contribution in [-0.2, 0) is 4.79 Å². The van der Waals surface area contributed by atoms with Gasteiger partial charge in [0.2, 0.25) is 0 Å². The zero-order chi connectivity index (χ0) is 14.7. The predicted octanol–water partition coefficient (Wildman–Crippen LogP) is 4.27. The normalized spacial score (nSPS) is 14.0. The number of carbonyl (C=O) groups is 1. The molecule has 0 aliphatic carbocycles. The fraction of sp³-hybridized carbons (Fsp3) is 0.105. The summed E-state index contributed by atoms with van der Waals surface area (Å²) in [5, 5.41) is 0. The lowest BCUT2D eigenvalue weighted by Crippen LogP contribution is -2.08. The van der Waals surface area contributed by atoms with Crippen molar-refractivity contribution in [1.29, 1.82) is 0 Å². The van der Waals surface area contributed by atoms with E-state index in [2.05, 4.69) is 30.3 Å². The molecule has 1 aliphatic rings. The van der Waals surface area contributed by atoms with Crippen molar-refractivity contribution in [2.24, 2.45) is 0 Å². The van der Waals surface area contributed by atoms with E-state index in [9.17, 15) is 4.79 Å². The number of hydrogen-bond acceptors (Lipinski definition) is 2. The van der Waals surface area contributed by atoms with Crippen molar-refractivity contribution in [3.05, 3.63) is 71.3 Å². The first kappa shape index (κ1) is 13.4. The summed E-state index contributed by atoms with van der Waals surface area (Å²) in [5.41, 5.74) is 5.38. The molecule has 0 atom stereocenters. The summed E-state index contributed by atoms with van der Waals surface area (Å²) in [7, 11) is 0. The van der Waals surface area contributed by atoms with E-state index >= 15 is 0 Å². The highest BCUT2D eigenvalue weighted by Gasteiger charge is 2.13. The topological polar surface area (TPSA) is 26.3 Å². The fourth-order valence-corrected chi connectivity index (χ4v) is 2.42. The molecule has 0 saturated carbocycles. The smallest absolute Gasteiger partial charge is 0.143 e. The Morgan fingerprint density at radius 1 is 1.10 bits per heavy atom. The minimum atomic E-state index is 0.508. The van der Waals surface area contributed by atoms with Crippen LogP contribution in [0.15, 0.2) is 65.8 Å². The van der Waals surface area contributed by atoms with Crippen LogP contribution >= 0.6 is 0 Å². The zero-order valence-corrected chi connectivity index (χ0v) is 11.9. The van der Waals surface area contributed by atoms with Gasteiger partial charge in [0.25, 0.3) is 0 Å². The van der Waals surface area contributed by atoms with Crippen LogP contribution in [0.4, 0.5) is 0 Å². The minimum absolute atomic E-state index is 0.508. The highest BCUT2D eigenvalue weighted by atomic mass is 16.5. The summed E-state index contributed by atoms with van der Waals surface area (Å²) < 4.78 is 5.77. The van der Waals surface area contributed by atoms with E-state index in [4.69, 9.17) is 4.74 Å². The molecule has 104 valence electrons. The SMILES string of the molecule is CC(=CC=O)C1=Cc2cc(-c3ccccc3)ccc2OC1. The summed E-state index contributed by atoms with van der Waals surface area (Å²) in [5.74, 6) is 0.886. The number of carbonyl (C=O) groups excluding carboxylic acids is 1. The Labute approximate surface area is 124 Å². The first-order valence-corrected chi connectivity index (χ1v) is 6.93. The summed E-state index contributed by atoms with van der Waals surface area (Å²) in [6.07, 6.45) is 4.48. The molecule has 0 aromatic heterocycles. The molecule has 2 aromatic carbocycles. The van der Waals surface area contributed by atoms with Crippen molar-refractivity contribution >= 4 is 12.4 Å². The van der Waals surface area contributed by atoms with Crippen LogP contribution in [0.5, 0.6) is 5.75 Å². The van der Waals surface area contributed by atoms with E-state index in [0.29, 0.717) is 6.61 Å². The molecule has 2 heteroatoms. The Morgan fingerprint density at radius 2 is 1.90 bits per heavy atom. The van der Waals surface area contributed by atoms with Crippen LogP contribution < -0.4 is 4.74 Å². The molecule has 2 nitrogen and oxygen atoms in total. The number of rotatable bonds is 3. The Hall–Kier alpha value is -2.61. The van der Waals surface area contributed by atoms with Crippen LogP contribution in [0.1, 0.15) is 12.5 Å². The Balaban J connectivity index is 2.02.